The first-order valence-electron chi connectivity index (χ1n) is 7.64. The Balaban J connectivity index is 2.43. The van der Waals surface area contributed by atoms with Gasteiger partial charge in [-0.25, -0.2) is 21.1 Å². The molecule has 1 atom stereocenters. The average molecular weight is 383 g/mol. The molecule has 0 aliphatic heterocycles. The van der Waals surface area contributed by atoms with Gasteiger partial charge in [-0.05, 0) is 30.7 Å². The quantitative estimate of drug-likeness (QED) is 0.768. The monoisotopic (exact) mass is 382 g/mol. The minimum absolute atomic E-state index is 0.0549. The first kappa shape index (κ1) is 19.6. The van der Waals surface area contributed by atoms with E-state index in [9.17, 15) is 16.8 Å². The summed E-state index contributed by atoms with van der Waals surface area (Å²) >= 11 is 0. The highest BCUT2D eigenvalue weighted by molar-refractivity contribution is 7.90. The van der Waals surface area contributed by atoms with Gasteiger partial charge < -0.3 is 0 Å². The summed E-state index contributed by atoms with van der Waals surface area (Å²) in [6, 6.07) is 14.3. The number of rotatable bonds is 6. The van der Waals surface area contributed by atoms with Gasteiger partial charge in [-0.2, -0.15) is 4.31 Å². The molecule has 2 aromatic rings. The van der Waals surface area contributed by atoms with Gasteiger partial charge >= 0.3 is 0 Å². The Morgan fingerprint density at radius 3 is 1.80 bits per heavy atom. The third kappa shape index (κ3) is 3.92. The lowest BCUT2D eigenvalue weighted by molar-refractivity contribution is 0.398. The molecular formula is C17H22N2O4S2. The molecule has 0 aliphatic rings. The van der Waals surface area contributed by atoms with Crippen molar-refractivity contribution in [2.24, 2.45) is 0 Å². The van der Waals surface area contributed by atoms with E-state index < -0.39 is 20.0 Å². The van der Waals surface area contributed by atoms with Gasteiger partial charge in [0.1, 0.15) is 0 Å². The molecule has 8 heteroatoms. The number of hydrogen-bond acceptors (Lipinski definition) is 4. The molecule has 0 amide bonds. The molecule has 0 N–H and O–H groups in total. The molecule has 0 spiro atoms. The first-order valence-corrected chi connectivity index (χ1v) is 10.5. The zero-order valence-electron chi connectivity index (χ0n) is 14.6. The van der Waals surface area contributed by atoms with Crippen molar-refractivity contribution in [1.29, 1.82) is 0 Å². The molecule has 136 valence electrons. The maximum Gasteiger partial charge on any atom is 0.243 e. The van der Waals surface area contributed by atoms with E-state index >= 15 is 0 Å². The van der Waals surface area contributed by atoms with Crippen molar-refractivity contribution in [3.8, 4) is 0 Å². The highest BCUT2D eigenvalue weighted by atomic mass is 32.2. The van der Waals surface area contributed by atoms with Crippen molar-refractivity contribution in [3.63, 3.8) is 0 Å². The number of benzene rings is 2. The van der Waals surface area contributed by atoms with Crippen LogP contribution in [0.25, 0.3) is 0 Å². The molecule has 2 aromatic carbocycles. The normalized spacial score (nSPS) is 14.0. The summed E-state index contributed by atoms with van der Waals surface area (Å²) in [6.07, 6.45) is 0. The van der Waals surface area contributed by atoms with Crippen LogP contribution in [0.4, 0.5) is 0 Å². The minimum atomic E-state index is -3.84. The number of sulfonamides is 2. The third-order valence-electron chi connectivity index (χ3n) is 4.09. The standard InChI is InChI=1S/C17H22N2O4S2/c1-14(15-9-6-5-7-10-15)19(4)25(22,23)17-12-8-11-16(13-17)24(20,21)18(2)3/h5-14H,1-4H3. The van der Waals surface area contributed by atoms with Crippen molar-refractivity contribution >= 4 is 20.0 Å². The van der Waals surface area contributed by atoms with Gasteiger partial charge in [-0.15, -0.1) is 0 Å². The molecule has 0 bridgehead atoms. The molecule has 0 aliphatic carbocycles. The van der Waals surface area contributed by atoms with Crippen LogP contribution in [0.5, 0.6) is 0 Å². The van der Waals surface area contributed by atoms with Gasteiger partial charge in [-0.1, -0.05) is 36.4 Å². The fourth-order valence-corrected chi connectivity index (χ4v) is 4.74. The molecule has 0 aromatic heterocycles. The largest absolute Gasteiger partial charge is 0.243 e. The molecule has 0 radical (unpaired) electrons. The van der Waals surface area contributed by atoms with E-state index in [1.54, 1.807) is 6.92 Å². The second-order valence-corrected chi connectivity index (χ2v) is 10.0. The van der Waals surface area contributed by atoms with Gasteiger partial charge in [0.15, 0.2) is 0 Å². The van der Waals surface area contributed by atoms with Crippen LogP contribution in [0, 0.1) is 0 Å². The maximum absolute atomic E-state index is 12.9. The molecule has 0 saturated heterocycles. The van der Waals surface area contributed by atoms with Crippen molar-refractivity contribution in [3.05, 3.63) is 60.2 Å². The van der Waals surface area contributed by atoms with Crippen LogP contribution in [0.2, 0.25) is 0 Å². The zero-order chi connectivity index (χ0) is 18.8. The Hall–Kier alpha value is -1.74. The van der Waals surface area contributed by atoms with Crippen molar-refractivity contribution in [2.75, 3.05) is 21.1 Å². The Bertz CT molecular complexity index is 940. The summed E-state index contributed by atoms with van der Waals surface area (Å²) in [6.45, 7) is 1.79. The van der Waals surface area contributed by atoms with Crippen LogP contribution >= 0.6 is 0 Å². The van der Waals surface area contributed by atoms with E-state index in [2.05, 4.69) is 0 Å². The SMILES string of the molecule is CC(c1ccccc1)N(C)S(=O)(=O)c1cccc(S(=O)(=O)N(C)C)c1. The van der Waals surface area contributed by atoms with Crippen molar-refractivity contribution < 1.29 is 16.8 Å². The fraction of sp³-hybridized carbons (Fsp3) is 0.294. The van der Waals surface area contributed by atoms with Crippen LogP contribution in [-0.2, 0) is 20.0 Å². The topological polar surface area (TPSA) is 74.8 Å². The number of nitrogens with zero attached hydrogens (tertiary/aromatic N) is 2. The second kappa shape index (κ2) is 7.25. The Labute approximate surface area is 149 Å². The molecule has 6 nitrogen and oxygen atoms in total. The van der Waals surface area contributed by atoms with Gasteiger partial charge in [0, 0.05) is 27.2 Å². The Kier molecular flexibility index (Phi) is 5.68. The predicted molar refractivity (Wildman–Crippen MR) is 97.1 cm³/mol. The van der Waals surface area contributed by atoms with Crippen LogP contribution < -0.4 is 0 Å². The van der Waals surface area contributed by atoms with Gasteiger partial charge in [0.05, 0.1) is 9.79 Å². The molecular weight excluding hydrogens is 360 g/mol. The van der Waals surface area contributed by atoms with Crippen LogP contribution in [0.15, 0.2) is 64.4 Å². The number of hydrogen-bond donors (Lipinski definition) is 0. The highest BCUT2D eigenvalue weighted by Gasteiger charge is 2.28. The molecule has 2 rings (SSSR count). The summed E-state index contributed by atoms with van der Waals surface area (Å²) in [5.74, 6) is 0. The molecule has 0 heterocycles. The fourth-order valence-electron chi connectivity index (χ4n) is 2.32. The summed E-state index contributed by atoms with van der Waals surface area (Å²) in [5, 5.41) is 0. The molecule has 1 unspecified atom stereocenters. The van der Waals surface area contributed by atoms with Crippen LogP contribution in [0.3, 0.4) is 0 Å². The van der Waals surface area contributed by atoms with Crippen LogP contribution in [0.1, 0.15) is 18.5 Å². The van der Waals surface area contributed by atoms with Crippen molar-refractivity contribution in [1.82, 2.24) is 8.61 Å². The smallest absolute Gasteiger partial charge is 0.207 e. The highest BCUT2D eigenvalue weighted by Crippen LogP contribution is 2.27. The molecule has 0 saturated carbocycles. The Morgan fingerprint density at radius 2 is 1.28 bits per heavy atom. The van der Waals surface area contributed by atoms with E-state index in [4.69, 9.17) is 0 Å². The van der Waals surface area contributed by atoms with Gasteiger partial charge in [-0.3, -0.25) is 0 Å². The minimum Gasteiger partial charge on any atom is -0.207 e. The maximum atomic E-state index is 12.9. The van der Waals surface area contributed by atoms with Gasteiger partial charge in [0.2, 0.25) is 20.0 Å². The van der Waals surface area contributed by atoms with Crippen LogP contribution in [-0.4, -0.2) is 46.6 Å². The Morgan fingerprint density at radius 1 is 0.760 bits per heavy atom. The van der Waals surface area contributed by atoms with E-state index in [1.807, 2.05) is 30.3 Å². The predicted octanol–water partition coefficient (Wildman–Crippen LogP) is 2.32. The molecule has 0 fully saturated rings. The molecule has 25 heavy (non-hydrogen) atoms. The van der Waals surface area contributed by atoms with E-state index in [1.165, 1.54) is 49.7 Å². The summed E-state index contributed by atoms with van der Waals surface area (Å²) < 4.78 is 52.6. The lowest BCUT2D eigenvalue weighted by Crippen LogP contribution is -2.30. The van der Waals surface area contributed by atoms with E-state index in [-0.39, 0.29) is 15.8 Å². The lowest BCUT2D eigenvalue weighted by atomic mass is 10.1. The lowest BCUT2D eigenvalue weighted by Gasteiger charge is -2.25. The van der Waals surface area contributed by atoms with E-state index in [0.29, 0.717) is 0 Å². The van der Waals surface area contributed by atoms with E-state index in [0.717, 1.165) is 9.87 Å². The second-order valence-electron chi connectivity index (χ2n) is 5.87. The average Bonchev–Trinajstić information content (AvgIpc) is 2.61. The summed E-state index contributed by atoms with van der Waals surface area (Å²) in [7, 11) is -3.26. The summed E-state index contributed by atoms with van der Waals surface area (Å²) in [5.41, 5.74) is 0.852. The first-order chi connectivity index (χ1) is 11.6. The summed E-state index contributed by atoms with van der Waals surface area (Å²) in [4.78, 5) is -0.111. The van der Waals surface area contributed by atoms with Gasteiger partial charge in [0.25, 0.3) is 0 Å². The third-order valence-corrected chi connectivity index (χ3v) is 7.82. The zero-order valence-corrected chi connectivity index (χ0v) is 16.3. The van der Waals surface area contributed by atoms with Crippen molar-refractivity contribution in [2.45, 2.75) is 22.8 Å².